The van der Waals surface area contributed by atoms with E-state index < -0.39 is 4.92 Å². The number of nitrogens with zero attached hydrogens (tertiary/aromatic N) is 1. The third kappa shape index (κ3) is 2.16. The Morgan fingerprint density at radius 3 is 2.69 bits per heavy atom. The second-order valence-corrected chi connectivity index (χ2v) is 2.59. The van der Waals surface area contributed by atoms with Gasteiger partial charge < -0.3 is 5.32 Å². The van der Waals surface area contributed by atoms with E-state index >= 15 is 0 Å². The molecule has 1 N–H and O–H groups in total. The lowest BCUT2D eigenvalue weighted by Crippen LogP contribution is -1.95. The number of amides is 1. The summed E-state index contributed by atoms with van der Waals surface area (Å²) in [7, 11) is 0. The maximum Gasteiger partial charge on any atom is 0.271 e. The highest BCUT2D eigenvalue weighted by Gasteiger charge is 2.08. The van der Waals surface area contributed by atoms with Crippen LogP contribution in [0.25, 0.3) is 0 Å². The van der Waals surface area contributed by atoms with Gasteiger partial charge in [-0.05, 0) is 6.07 Å². The monoisotopic (exact) mass is 200 g/mol. The number of carbonyl (C=O) groups is 1. The number of halogens is 1. The Labute approximate surface area is 78.5 Å². The van der Waals surface area contributed by atoms with Crippen LogP contribution in [0.1, 0.15) is 0 Å². The molecule has 0 bridgehead atoms. The van der Waals surface area contributed by atoms with Crippen molar-refractivity contribution in [3.05, 3.63) is 33.3 Å². The van der Waals surface area contributed by atoms with Crippen molar-refractivity contribution in [1.82, 2.24) is 0 Å². The molecule has 0 fully saturated rings. The predicted molar refractivity (Wildman–Crippen MR) is 47.8 cm³/mol. The highest BCUT2D eigenvalue weighted by atomic mass is 35.5. The fraction of sp³-hybridized carbons (Fsp3) is 0. The minimum atomic E-state index is -0.559. The average Bonchev–Trinajstić information content (AvgIpc) is 2.08. The first-order valence-electron chi connectivity index (χ1n) is 3.29. The Hall–Kier alpha value is -1.62. The first-order valence-corrected chi connectivity index (χ1v) is 3.67. The number of hydrogen-bond donors (Lipinski definition) is 1. The molecule has 68 valence electrons. The number of benzene rings is 1. The van der Waals surface area contributed by atoms with Crippen LogP contribution in [0.15, 0.2) is 18.2 Å². The van der Waals surface area contributed by atoms with Crippen molar-refractivity contribution in [1.29, 1.82) is 0 Å². The highest BCUT2D eigenvalue weighted by molar-refractivity contribution is 6.33. The van der Waals surface area contributed by atoms with Gasteiger partial charge in [0.2, 0.25) is 6.41 Å². The summed E-state index contributed by atoms with van der Waals surface area (Å²) in [5.41, 5.74) is 0.240. The van der Waals surface area contributed by atoms with Gasteiger partial charge in [-0.2, -0.15) is 0 Å². The van der Waals surface area contributed by atoms with Crippen LogP contribution < -0.4 is 5.32 Å². The van der Waals surface area contributed by atoms with Crippen molar-refractivity contribution in [3.8, 4) is 0 Å². The Balaban J connectivity index is 3.04. The molecule has 13 heavy (non-hydrogen) atoms. The second kappa shape index (κ2) is 3.86. The van der Waals surface area contributed by atoms with E-state index in [0.29, 0.717) is 12.1 Å². The quantitative estimate of drug-likeness (QED) is 0.460. The molecule has 0 saturated heterocycles. The molecule has 0 aromatic heterocycles. The summed E-state index contributed by atoms with van der Waals surface area (Å²) in [5.74, 6) is 0. The zero-order valence-electron chi connectivity index (χ0n) is 6.36. The number of rotatable bonds is 3. The molecule has 6 heteroatoms. The average molecular weight is 201 g/mol. The number of anilines is 1. The van der Waals surface area contributed by atoms with Crippen LogP contribution in [0, 0.1) is 10.1 Å². The smallest absolute Gasteiger partial charge is 0.271 e. The Kier molecular flexibility index (Phi) is 2.81. The molecule has 0 spiro atoms. The molecular formula is C7H5ClN2O3. The molecule has 0 radical (unpaired) electrons. The molecule has 0 aliphatic heterocycles. The molecule has 0 heterocycles. The SMILES string of the molecule is O=CNc1ccc([N+](=O)[O-])cc1Cl. The third-order valence-corrected chi connectivity index (χ3v) is 1.69. The van der Waals surface area contributed by atoms with E-state index in [2.05, 4.69) is 5.32 Å². The van der Waals surface area contributed by atoms with Gasteiger partial charge in [0.15, 0.2) is 0 Å². The molecule has 0 atom stereocenters. The minimum Gasteiger partial charge on any atom is -0.327 e. The van der Waals surface area contributed by atoms with E-state index in [1.54, 1.807) is 0 Å². The molecule has 0 aliphatic carbocycles. The Bertz CT molecular complexity index is 354. The molecule has 5 nitrogen and oxygen atoms in total. The van der Waals surface area contributed by atoms with Crippen molar-refractivity contribution in [3.63, 3.8) is 0 Å². The van der Waals surface area contributed by atoms with Gasteiger partial charge in [0, 0.05) is 12.1 Å². The van der Waals surface area contributed by atoms with E-state index in [4.69, 9.17) is 11.6 Å². The van der Waals surface area contributed by atoms with Gasteiger partial charge in [0.05, 0.1) is 15.6 Å². The summed E-state index contributed by atoms with van der Waals surface area (Å²) in [6.07, 6.45) is 0.451. The van der Waals surface area contributed by atoms with Crippen molar-refractivity contribution >= 4 is 29.4 Å². The normalized spacial score (nSPS) is 9.31. The van der Waals surface area contributed by atoms with Crippen molar-refractivity contribution in [2.45, 2.75) is 0 Å². The molecule has 0 unspecified atom stereocenters. The summed E-state index contributed by atoms with van der Waals surface area (Å²) in [6.45, 7) is 0. The van der Waals surface area contributed by atoms with E-state index in [-0.39, 0.29) is 10.7 Å². The van der Waals surface area contributed by atoms with Crippen LogP contribution >= 0.6 is 11.6 Å². The summed E-state index contributed by atoms with van der Waals surface area (Å²) < 4.78 is 0. The highest BCUT2D eigenvalue weighted by Crippen LogP contribution is 2.25. The van der Waals surface area contributed by atoms with Gasteiger partial charge in [-0.3, -0.25) is 14.9 Å². The fourth-order valence-corrected chi connectivity index (χ4v) is 1.03. The number of nitrogens with one attached hydrogen (secondary N) is 1. The molecule has 1 amide bonds. The first kappa shape index (κ1) is 9.47. The topological polar surface area (TPSA) is 72.2 Å². The minimum absolute atomic E-state index is 0.110. The standard InChI is InChI=1S/C7H5ClN2O3/c8-6-3-5(10(12)13)1-2-7(6)9-4-11/h1-4H,(H,9,11). The van der Waals surface area contributed by atoms with E-state index in [1.165, 1.54) is 18.2 Å². The van der Waals surface area contributed by atoms with E-state index in [1.807, 2.05) is 0 Å². The summed E-state index contributed by atoms with van der Waals surface area (Å²) in [6, 6.07) is 3.81. The lowest BCUT2D eigenvalue weighted by Gasteiger charge is -2.00. The number of nitro benzene ring substituents is 1. The maximum atomic E-state index is 10.3. The van der Waals surface area contributed by atoms with Crippen LogP contribution in [0.5, 0.6) is 0 Å². The second-order valence-electron chi connectivity index (χ2n) is 2.18. The lowest BCUT2D eigenvalue weighted by molar-refractivity contribution is -0.384. The van der Waals surface area contributed by atoms with Gasteiger partial charge in [-0.15, -0.1) is 0 Å². The van der Waals surface area contributed by atoms with Crippen molar-refractivity contribution in [2.75, 3.05) is 5.32 Å². The van der Waals surface area contributed by atoms with Gasteiger partial charge in [-0.1, -0.05) is 11.6 Å². The Morgan fingerprint density at radius 1 is 1.54 bits per heavy atom. The fourth-order valence-electron chi connectivity index (χ4n) is 0.798. The van der Waals surface area contributed by atoms with E-state index in [0.717, 1.165) is 0 Å². The zero-order chi connectivity index (χ0) is 9.84. The van der Waals surface area contributed by atoms with E-state index in [9.17, 15) is 14.9 Å². The molecule has 0 saturated carbocycles. The summed E-state index contributed by atoms with van der Waals surface area (Å²) in [5, 5.41) is 12.7. The molecule has 1 aromatic carbocycles. The van der Waals surface area contributed by atoms with Gasteiger partial charge in [-0.25, -0.2) is 0 Å². The molecule has 0 aliphatic rings. The van der Waals surface area contributed by atoms with Crippen LogP contribution in [0.4, 0.5) is 11.4 Å². The lowest BCUT2D eigenvalue weighted by atomic mass is 10.3. The number of carbonyl (C=O) groups excluding carboxylic acids is 1. The van der Waals surface area contributed by atoms with Crippen LogP contribution in [0.2, 0.25) is 5.02 Å². The number of non-ortho nitro benzene ring substituents is 1. The largest absolute Gasteiger partial charge is 0.327 e. The molecule has 1 aromatic rings. The first-order chi connectivity index (χ1) is 6.15. The maximum absolute atomic E-state index is 10.3. The Morgan fingerprint density at radius 2 is 2.23 bits per heavy atom. The number of nitro groups is 1. The van der Waals surface area contributed by atoms with Gasteiger partial charge in [0.1, 0.15) is 0 Å². The molecular weight excluding hydrogens is 196 g/mol. The summed E-state index contributed by atoms with van der Waals surface area (Å²) in [4.78, 5) is 19.8. The van der Waals surface area contributed by atoms with Crippen molar-refractivity contribution in [2.24, 2.45) is 0 Å². The third-order valence-electron chi connectivity index (χ3n) is 1.38. The summed E-state index contributed by atoms with van der Waals surface area (Å²) >= 11 is 5.63. The van der Waals surface area contributed by atoms with Gasteiger partial charge in [0.25, 0.3) is 5.69 Å². The van der Waals surface area contributed by atoms with Crippen LogP contribution in [-0.2, 0) is 4.79 Å². The number of hydrogen-bond acceptors (Lipinski definition) is 3. The van der Waals surface area contributed by atoms with Crippen molar-refractivity contribution < 1.29 is 9.72 Å². The van der Waals surface area contributed by atoms with Crippen LogP contribution in [0.3, 0.4) is 0 Å². The molecule has 1 rings (SSSR count). The predicted octanol–water partition coefficient (Wildman–Crippen LogP) is 1.82. The zero-order valence-corrected chi connectivity index (χ0v) is 7.12. The van der Waals surface area contributed by atoms with Crippen LogP contribution in [-0.4, -0.2) is 11.3 Å². The van der Waals surface area contributed by atoms with Gasteiger partial charge >= 0.3 is 0 Å².